The van der Waals surface area contributed by atoms with Crippen LogP contribution >= 0.6 is 0 Å². The van der Waals surface area contributed by atoms with E-state index in [0.29, 0.717) is 12.0 Å². The summed E-state index contributed by atoms with van der Waals surface area (Å²) < 4.78 is 0. The molecule has 1 unspecified atom stereocenters. The molecule has 0 bridgehead atoms. The van der Waals surface area contributed by atoms with Crippen LogP contribution in [0.5, 0.6) is 0 Å². The normalized spacial score (nSPS) is 12.6. The standard InChI is InChI=1S/C12H23N5/c1-6-17(10(2)9-16(4)5)11-7-8-14-12(13-3)15-11/h7-8,10H,6,9H2,1-5H3,(H,13,14,15). The molecule has 0 aliphatic rings. The summed E-state index contributed by atoms with van der Waals surface area (Å²) in [6.07, 6.45) is 1.79. The molecule has 96 valence electrons. The fourth-order valence-corrected chi connectivity index (χ4v) is 1.96. The molecule has 1 aromatic heterocycles. The van der Waals surface area contributed by atoms with Crippen molar-refractivity contribution in [2.24, 2.45) is 0 Å². The Bertz CT molecular complexity index is 339. The van der Waals surface area contributed by atoms with E-state index in [9.17, 15) is 0 Å². The average molecular weight is 237 g/mol. The molecule has 1 aromatic rings. The van der Waals surface area contributed by atoms with E-state index in [1.807, 2.05) is 13.1 Å². The van der Waals surface area contributed by atoms with E-state index in [-0.39, 0.29) is 0 Å². The molecule has 5 heteroatoms. The van der Waals surface area contributed by atoms with Gasteiger partial charge in [0.1, 0.15) is 5.82 Å². The monoisotopic (exact) mass is 237 g/mol. The fraction of sp³-hybridized carbons (Fsp3) is 0.667. The van der Waals surface area contributed by atoms with Gasteiger partial charge in [0, 0.05) is 32.4 Å². The Morgan fingerprint density at radius 1 is 1.41 bits per heavy atom. The fourth-order valence-electron chi connectivity index (χ4n) is 1.96. The predicted molar refractivity (Wildman–Crippen MR) is 72.6 cm³/mol. The molecule has 1 heterocycles. The Morgan fingerprint density at radius 3 is 2.65 bits per heavy atom. The SMILES string of the molecule is CCN(c1ccnc(NC)n1)C(C)CN(C)C. The molecule has 0 amide bonds. The molecular formula is C12H23N5. The minimum atomic E-state index is 0.426. The van der Waals surface area contributed by atoms with E-state index in [2.05, 4.69) is 53.0 Å². The molecule has 0 aromatic carbocycles. The van der Waals surface area contributed by atoms with Crippen LogP contribution in [0, 0.1) is 0 Å². The minimum Gasteiger partial charge on any atom is -0.357 e. The molecule has 0 aliphatic heterocycles. The number of nitrogens with one attached hydrogen (secondary N) is 1. The summed E-state index contributed by atoms with van der Waals surface area (Å²) in [4.78, 5) is 13.1. The zero-order valence-corrected chi connectivity index (χ0v) is 11.4. The van der Waals surface area contributed by atoms with Gasteiger partial charge in [-0.15, -0.1) is 0 Å². The molecule has 0 fully saturated rings. The molecule has 1 atom stereocenters. The van der Waals surface area contributed by atoms with Crippen LogP contribution in [0.25, 0.3) is 0 Å². The van der Waals surface area contributed by atoms with Gasteiger partial charge in [-0.2, -0.15) is 4.98 Å². The first kappa shape index (κ1) is 13.7. The summed E-state index contributed by atoms with van der Waals surface area (Å²) in [6, 6.07) is 2.38. The number of hydrogen-bond acceptors (Lipinski definition) is 5. The number of nitrogens with zero attached hydrogens (tertiary/aromatic N) is 4. The molecule has 0 aliphatic carbocycles. The van der Waals surface area contributed by atoms with Crippen LogP contribution in [0.3, 0.4) is 0 Å². The predicted octanol–water partition coefficient (Wildman–Crippen LogP) is 1.29. The Labute approximate surface area is 104 Å². The summed E-state index contributed by atoms with van der Waals surface area (Å²) in [5.41, 5.74) is 0. The van der Waals surface area contributed by atoms with E-state index in [4.69, 9.17) is 0 Å². The molecule has 0 radical (unpaired) electrons. The van der Waals surface area contributed by atoms with E-state index >= 15 is 0 Å². The second kappa shape index (κ2) is 6.39. The van der Waals surface area contributed by atoms with Gasteiger partial charge < -0.3 is 15.1 Å². The molecule has 1 rings (SSSR count). The molecular weight excluding hydrogens is 214 g/mol. The zero-order valence-electron chi connectivity index (χ0n) is 11.4. The highest BCUT2D eigenvalue weighted by Crippen LogP contribution is 2.15. The smallest absolute Gasteiger partial charge is 0.224 e. The highest BCUT2D eigenvalue weighted by Gasteiger charge is 2.15. The highest BCUT2D eigenvalue weighted by atomic mass is 15.3. The van der Waals surface area contributed by atoms with Crippen LogP contribution in [0.2, 0.25) is 0 Å². The lowest BCUT2D eigenvalue weighted by atomic mass is 10.2. The van der Waals surface area contributed by atoms with Crippen molar-refractivity contribution < 1.29 is 0 Å². The van der Waals surface area contributed by atoms with Crippen molar-refractivity contribution in [3.8, 4) is 0 Å². The van der Waals surface area contributed by atoms with Crippen molar-refractivity contribution in [2.45, 2.75) is 19.9 Å². The van der Waals surface area contributed by atoms with Crippen molar-refractivity contribution in [3.05, 3.63) is 12.3 Å². The number of hydrogen-bond donors (Lipinski definition) is 1. The first-order valence-electron chi connectivity index (χ1n) is 6.00. The Morgan fingerprint density at radius 2 is 2.12 bits per heavy atom. The number of likely N-dealkylation sites (N-methyl/N-ethyl adjacent to an activating group) is 2. The quantitative estimate of drug-likeness (QED) is 0.808. The summed E-state index contributed by atoms with van der Waals surface area (Å²) in [5.74, 6) is 1.64. The van der Waals surface area contributed by atoms with Crippen LogP contribution in [-0.4, -0.2) is 55.1 Å². The van der Waals surface area contributed by atoms with Gasteiger partial charge in [-0.3, -0.25) is 0 Å². The zero-order chi connectivity index (χ0) is 12.8. The topological polar surface area (TPSA) is 44.3 Å². The molecule has 0 saturated heterocycles. The first-order chi connectivity index (χ1) is 8.08. The van der Waals surface area contributed by atoms with Gasteiger partial charge in [0.2, 0.25) is 5.95 Å². The second-order valence-electron chi connectivity index (χ2n) is 4.39. The summed E-state index contributed by atoms with van der Waals surface area (Å²) in [7, 11) is 6.01. The Hall–Kier alpha value is -1.36. The first-order valence-corrected chi connectivity index (χ1v) is 6.00. The molecule has 5 nitrogen and oxygen atoms in total. The number of rotatable bonds is 6. The maximum Gasteiger partial charge on any atom is 0.224 e. The lowest BCUT2D eigenvalue weighted by molar-refractivity contribution is 0.372. The highest BCUT2D eigenvalue weighted by molar-refractivity contribution is 5.43. The Balaban J connectivity index is 2.84. The van der Waals surface area contributed by atoms with Crippen LogP contribution in [0.15, 0.2) is 12.3 Å². The number of aromatic nitrogens is 2. The van der Waals surface area contributed by atoms with E-state index in [1.54, 1.807) is 6.20 Å². The lowest BCUT2D eigenvalue weighted by Crippen LogP contribution is -2.40. The summed E-state index contributed by atoms with van der Waals surface area (Å²) in [6.45, 7) is 6.31. The van der Waals surface area contributed by atoms with Gasteiger partial charge in [0.15, 0.2) is 0 Å². The van der Waals surface area contributed by atoms with Gasteiger partial charge in [0.25, 0.3) is 0 Å². The third-order valence-corrected chi connectivity index (χ3v) is 2.66. The third-order valence-electron chi connectivity index (χ3n) is 2.66. The van der Waals surface area contributed by atoms with E-state index < -0.39 is 0 Å². The molecule has 0 spiro atoms. The van der Waals surface area contributed by atoms with Gasteiger partial charge >= 0.3 is 0 Å². The van der Waals surface area contributed by atoms with E-state index in [1.165, 1.54) is 0 Å². The van der Waals surface area contributed by atoms with Gasteiger partial charge in [-0.25, -0.2) is 4.98 Å². The lowest BCUT2D eigenvalue weighted by Gasteiger charge is -2.31. The largest absolute Gasteiger partial charge is 0.357 e. The second-order valence-corrected chi connectivity index (χ2v) is 4.39. The maximum absolute atomic E-state index is 4.48. The van der Waals surface area contributed by atoms with Crippen molar-refractivity contribution in [3.63, 3.8) is 0 Å². The maximum atomic E-state index is 4.48. The van der Waals surface area contributed by atoms with Crippen LogP contribution in [0.4, 0.5) is 11.8 Å². The summed E-state index contributed by atoms with van der Waals surface area (Å²) in [5, 5.41) is 2.97. The van der Waals surface area contributed by atoms with Gasteiger partial charge in [0.05, 0.1) is 0 Å². The van der Waals surface area contributed by atoms with Crippen LogP contribution in [0.1, 0.15) is 13.8 Å². The third kappa shape index (κ3) is 3.85. The van der Waals surface area contributed by atoms with Gasteiger partial charge in [-0.1, -0.05) is 0 Å². The van der Waals surface area contributed by atoms with Crippen molar-refractivity contribution >= 4 is 11.8 Å². The molecule has 17 heavy (non-hydrogen) atoms. The van der Waals surface area contributed by atoms with Crippen molar-refractivity contribution in [1.82, 2.24) is 14.9 Å². The average Bonchev–Trinajstić information content (AvgIpc) is 2.29. The van der Waals surface area contributed by atoms with Crippen molar-refractivity contribution in [1.29, 1.82) is 0 Å². The van der Waals surface area contributed by atoms with E-state index in [0.717, 1.165) is 18.9 Å². The van der Waals surface area contributed by atoms with Crippen molar-refractivity contribution in [2.75, 3.05) is 44.4 Å². The summed E-state index contributed by atoms with van der Waals surface area (Å²) >= 11 is 0. The Kier molecular flexibility index (Phi) is 5.15. The minimum absolute atomic E-state index is 0.426. The number of anilines is 2. The van der Waals surface area contributed by atoms with Gasteiger partial charge in [-0.05, 0) is 34.0 Å². The molecule has 0 saturated carbocycles. The van der Waals surface area contributed by atoms with Crippen LogP contribution < -0.4 is 10.2 Å². The molecule has 1 N–H and O–H groups in total. The van der Waals surface area contributed by atoms with Crippen LogP contribution in [-0.2, 0) is 0 Å².